The second-order valence-corrected chi connectivity index (χ2v) is 5.26. The summed E-state index contributed by atoms with van der Waals surface area (Å²) in [5.74, 6) is 0.522. The van der Waals surface area contributed by atoms with E-state index >= 15 is 0 Å². The van der Waals surface area contributed by atoms with Crippen molar-refractivity contribution in [2.24, 2.45) is 0 Å². The van der Waals surface area contributed by atoms with Gasteiger partial charge < -0.3 is 5.32 Å². The SMILES string of the molecule is Cc1cc2ncnc(Nc3ccc(F)c(C)c3)c2cc1C. The summed E-state index contributed by atoms with van der Waals surface area (Å²) in [7, 11) is 0. The number of aromatic nitrogens is 2. The fraction of sp³-hybridized carbons (Fsp3) is 0.176. The van der Waals surface area contributed by atoms with Gasteiger partial charge >= 0.3 is 0 Å². The average molecular weight is 281 g/mol. The first-order valence-corrected chi connectivity index (χ1v) is 6.80. The third-order valence-corrected chi connectivity index (χ3v) is 3.67. The van der Waals surface area contributed by atoms with Gasteiger partial charge in [0.2, 0.25) is 0 Å². The highest BCUT2D eigenvalue weighted by molar-refractivity contribution is 5.91. The molecule has 106 valence electrons. The molecule has 0 spiro atoms. The molecule has 2 aromatic carbocycles. The van der Waals surface area contributed by atoms with Gasteiger partial charge in [-0.1, -0.05) is 0 Å². The molecule has 4 heteroatoms. The quantitative estimate of drug-likeness (QED) is 0.754. The molecule has 0 radical (unpaired) electrons. The lowest BCUT2D eigenvalue weighted by molar-refractivity contribution is 0.619. The van der Waals surface area contributed by atoms with Gasteiger partial charge in [0.25, 0.3) is 0 Å². The number of nitrogens with one attached hydrogen (secondary N) is 1. The summed E-state index contributed by atoms with van der Waals surface area (Å²) in [4.78, 5) is 8.62. The highest BCUT2D eigenvalue weighted by Crippen LogP contribution is 2.26. The molecule has 3 nitrogen and oxygen atoms in total. The van der Waals surface area contributed by atoms with E-state index < -0.39 is 0 Å². The van der Waals surface area contributed by atoms with E-state index in [-0.39, 0.29) is 5.82 Å². The molecule has 3 aromatic rings. The van der Waals surface area contributed by atoms with Crippen molar-refractivity contribution in [3.05, 3.63) is 59.2 Å². The number of aryl methyl sites for hydroxylation is 3. The van der Waals surface area contributed by atoms with Crippen LogP contribution in [0.3, 0.4) is 0 Å². The van der Waals surface area contributed by atoms with E-state index in [1.807, 2.05) is 6.07 Å². The number of fused-ring (bicyclic) bond motifs is 1. The van der Waals surface area contributed by atoms with Crippen LogP contribution in [0.2, 0.25) is 0 Å². The zero-order valence-electron chi connectivity index (χ0n) is 12.2. The minimum absolute atomic E-state index is 0.209. The Morgan fingerprint density at radius 3 is 2.43 bits per heavy atom. The molecule has 0 saturated carbocycles. The summed E-state index contributed by atoms with van der Waals surface area (Å²) in [5, 5.41) is 4.20. The first-order chi connectivity index (χ1) is 10.0. The van der Waals surface area contributed by atoms with Gasteiger partial charge in [-0.2, -0.15) is 0 Å². The predicted octanol–water partition coefficient (Wildman–Crippen LogP) is 4.44. The van der Waals surface area contributed by atoms with Crippen LogP contribution in [0.5, 0.6) is 0 Å². The Hall–Kier alpha value is -2.49. The fourth-order valence-corrected chi connectivity index (χ4v) is 2.27. The summed E-state index contributed by atoms with van der Waals surface area (Å²) in [5.41, 5.74) is 4.70. The average Bonchev–Trinajstić information content (AvgIpc) is 2.45. The molecule has 1 heterocycles. The van der Waals surface area contributed by atoms with Gasteiger partial charge in [0.05, 0.1) is 5.52 Å². The number of nitrogens with zero attached hydrogens (tertiary/aromatic N) is 2. The number of anilines is 2. The molecule has 1 aromatic heterocycles. The summed E-state index contributed by atoms with van der Waals surface area (Å²) >= 11 is 0. The van der Waals surface area contributed by atoms with Gasteiger partial charge in [-0.05, 0) is 67.8 Å². The molecule has 0 unspecified atom stereocenters. The van der Waals surface area contributed by atoms with Gasteiger partial charge in [-0.25, -0.2) is 14.4 Å². The molecule has 0 aliphatic heterocycles. The zero-order valence-corrected chi connectivity index (χ0v) is 12.2. The Bertz CT molecular complexity index is 828. The van der Waals surface area contributed by atoms with Crippen molar-refractivity contribution < 1.29 is 4.39 Å². The van der Waals surface area contributed by atoms with Crippen molar-refractivity contribution in [3.8, 4) is 0 Å². The molecule has 3 rings (SSSR count). The van der Waals surface area contributed by atoms with Gasteiger partial charge in [-0.15, -0.1) is 0 Å². The van der Waals surface area contributed by atoms with E-state index in [1.54, 1.807) is 19.1 Å². The van der Waals surface area contributed by atoms with Gasteiger partial charge in [0.15, 0.2) is 0 Å². The number of hydrogen-bond donors (Lipinski definition) is 1. The molecule has 0 aliphatic rings. The topological polar surface area (TPSA) is 37.8 Å². The molecule has 0 amide bonds. The third kappa shape index (κ3) is 2.57. The molecule has 0 fully saturated rings. The number of halogens is 1. The second kappa shape index (κ2) is 5.13. The van der Waals surface area contributed by atoms with Crippen LogP contribution < -0.4 is 5.32 Å². The standard InChI is InChI=1S/C17H16FN3/c1-10-7-14-16(8-11(10)2)19-9-20-17(14)21-13-4-5-15(18)12(3)6-13/h4-9H,1-3H3,(H,19,20,21). The minimum atomic E-state index is -0.209. The van der Waals surface area contributed by atoms with E-state index in [4.69, 9.17) is 0 Å². The van der Waals surface area contributed by atoms with Crippen molar-refractivity contribution in [2.45, 2.75) is 20.8 Å². The lowest BCUT2D eigenvalue weighted by Crippen LogP contribution is -1.98. The van der Waals surface area contributed by atoms with Crippen LogP contribution in [0.4, 0.5) is 15.9 Å². The van der Waals surface area contributed by atoms with Gasteiger partial charge in [0.1, 0.15) is 18.0 Å². The van der Waals surface area contributed by atoms with E-state index in [0.29, 0.717) is 5.56 Å². The number of benzene rings is 2. The van der Waals surface area contributed by atoms with Crippen LogP contribution in [0.1, 0.15) is 16.7 Å². The number of hydrogen-bond acceptors (Lipinski definition) is 3. The third-order valence-electron chi connectivity index (χ3n) is 3.67. The maximum Gasteiger partial charge on any atom is 0.141 e. The molecule has 0 saturated heterocycles. The van der Waals surface area contributed by atoms with Crippen molar-refractivity contribution in [1.29, 1.82) is 0 Å². The van der Waals surface area contributed by atoms with E-state index in [2.05, 4.69) is 35.2 Å². The smallest absolute Gasteiger partial charge is 0.141 e. The normalized spacial score (nSPS) is 10.9. The van der Waals surface area contributed by atoms with Crippen molar-refractivity contribution in [2.75, 3.05) is 5.32 Å². The Morgan fingerprint density at radius 2 is 1.67 bits per heavy atom. The monoisotopic (exact) mass is 281 g/mol. The lowest BCUT2D eigenvalue weighted by Gasteiger charge is -2.10. The first-order valence-electron chi connectivity index (χ1n) is 6.80. The first kappa shape index (κ1) is 13.5. The molecule has 0 aliphatic carbocycles. The molecule has 0 bridgehead atoms. The van der Waals surface area contributed by atoms with Crippen molar-refractivity contribution in [1.82, 2.24) is 9.97 Å². The number of rotatable bonds is 2. The summed E-state index contributed by atoms with van der Waals surface area (Å²) in [6, 6.07) is 9.05. The largest absolute Gasteiger partial charge is 0.340 e. The highest BCUT2D eigenvalue weighted by atomic mass is 19.1. The molecule has 0 atom stereocenters. The molecule has 21 heavy (non-hydrogen) atoms. The van der Waals surface area contributed by atoms with Gasteiger partial charge in [0, 0.05) is 11.1 Å². The van der Waals surface area contributed by atoms with Crippen molar-refractivity contribution in [3.63, 3.8) is 0 Å². The van der Waals surface area contributed by atoms with Crippen LogP contribution in [-0.4, -0.2) is 9.97 Å². The van der Waals surface area contributed by atoms with E-state index in [0.717, 1.165) is 22.4 Å². The van der Waals surface area contributed by atoms with Crippen LogP contribution in [-0.2, 0) is 0 Å². The molecule has 1 N–H and O–H groups in total. The van der Waals surface area contributed by atoms with E-state index in [9.17, 15) is 4.39 Å². The minimum Gasteiger partial charge on any atom is -0.340 e. The highest BCUT2D eigenvalue weighted by Gasteiger charge is 2.07. The van der Waals surface area contributed by atoms with Crippen LogP contribution in [0.15, 0.2) is 36.7 Å². The Morgan fingerprint density at radius 1 is 0.905 bits per heavy atom. The fourth-order valence-electron chi connectivity index (χ4n) is 2.27. The van der Waals surface area contributed by atoms with Crippen LogP contribution in [0.25, 0.3) is 10.9 Å². The van der Waals surface area contributed by atoms with Crippen LogP contribution in [0, 0.1) is 26.6 Å². The summed E-state index contributed by atoms with van der Waals surface area (Å²) in [6.45, 7) is 5.87. The summed E-state index contributed by atoms with van der Waals surface area (Å²) < 4.78 is 13.3. The zero-order chi connectivity index (χ0) is 15.0. The summed E-state index contributed by atoms with van der Waals surface area (Å²) in [6.07, 6.45) is 1.54. The lowest BCUT2D eigenvalue weighted by atomic mass is 10.1. The Balaban J connectivity index is 2.07. The second-order valence-electron chi connectivity index (χ2n) is 5.26. The van der Waals surface area contributed by atoms with Crippen molar-refractivity contribution >= 4 is 22.4 Å². The maximum atomic E-state index is 13.3. The maximum absolute atomic E-state index is 13.3. The van der Waals surface area contributed by atoms with Crippen LogP contribution >= 0.6 is 0 Å². The molecular weight excluding hydrogens is 265 g/mol. The van der Waals surface area contributed by atoms with E-state index in [1.165, 1.54) is 23.5 Å². The molecular formula is C17H16FN3. The van der Waals surface area contributed by atoms with Gasteiger partial charge in [-0.3, -0.25) is 0 Å². The Labute approximate surface area is 122 Å². The predicted molar refractivity (Wildman–Crippen MR) is 83.4 cm³/mol. The Kier molecular flexibility index (Phi) is 3.29.